The topological polar surface area (TPSA) is 134 Å². The number of anilines is 1. The first-order valence-corrected chi connectivity index (χ1v) is 17.4. The molecule has 0 saturated heterocycles. The van der Waals surface area contributed by atoms with Crippen molar-refractivity contribution < 1.29 is 33.2 Å². The average molecular weight is 682 g/mol. The summed E-state index contributed by atoms with van der Waals surface area (Å²) >= 11 is 1.76. The molecule has 0 saturated carbocycles. The molecule has 12 nitrogen and oxygen atoms in total. The number of methoxy groups -OCH3 is 1. The lowest BCUT2D eigenvalue weighted by molar-refractivity contribution is -0.120. The van der Waals surface area contributed by atoms with Crippen molar-refractivity contribution in [2.75, 3.05) is 91.5 Å². The molecule has 0 fully saturated rings. The molecule has 13 heteroatoms. The van der Waals surface area contributed by atoms with E-state index in [-0.39, 0.29) is 18.5 Å². The number of hydrogen-bond donors (Lipinski definition) is 3. The summed E-state index contributed by atoms with van der Waals surface area (Å²) in [6.45, 7) is 9.25. The van der Waals surface area contributed by atoms with Gasteiger partial charge in [0.25, 0.3) is 0 Å². The van der Waals surface area contributed by atoms with E-state index in [2.05, 4.69) is 52.1 Å². The molecule has 3 aromatic rings. The summed E-state index contributed by atoms with van der Waals surface area (Å²) in [6, 6.07) is 8.14. The third kappa shape index (κ3) is 10.5. The number of benzene rings is 1. The SMILES string of the molecule is COc1cc2nc(C)nc3c2cc1OCCOCCOCCOCCOCCNC(=O)CNCC1=CCCC=C1c1ccc(s1)C(C)N3. The van der Waals surface area contributed by atoms with Crippen molar-refractivity contribution in [2.45, 2.75) is 32.7 Å². The molecule has 3 N–H and O–H groups in total. The molecule has 48 heavy (non-hydrogen) atoms. The van der Waals surface area contributed by atoms with Gasteiger partial charge >= 0.3 is 0 Å². The van der Waals surface area contributed by atoms with Crippen molar-refractivity contribution in [2.24, 2.45) is 0 Å². The Kier molecular flexibility index (Phi) is 14.0. The number of hydrogen-bond acceptors (Lipinski definition) is 12. The third-order valence-electron chi connectivity index (χ3n) is 7.79. The molecule has 3 heterocycles. The van der Waals surface area contributed by atoms with E-state index in [0.717, 1.165) is 29.6 Å². The first kappa shape index (κ1) is 35.7. The summed E-state index contributed by atoms with van der Waals surface area (Å²) in [4.78, 5) is 24.2. The minimum Gasteiger partial charge on any atom is -0.493 e. The van der Waals surface area contributed by atoms with Crippen molar-refractivity contribution in [1.29, 1.82) is 0 Å². The number of allylic oxidation sites excluding steroid dienone is 2. The Labute approximate surface area is 286 Å². The summed E-state index contributed by atoms with van der Waals surface area (Å²) in [5.41, 5.74) is 3.19. The van der Waals surface area contributed by atoms with E-state index in [1.165, 1.54) is 20.9 Å². The van der Waals surface area contributed by atoms with Gasteiger partial charge in [0.1, 0.15) is 18.2 Å². The number of nitrogens with one attached hydrogen (secondary N) is 3. The first-order valence-electron chi connectivity index (χ1n) is 16.6. The quantitative estimate of drug-likeness (QED) is 0.337. The van der Waals surface area contributed by atoms with Gasteiger partial charge < -0.3 is 44.4 Å². The Bertz CT molecular complexity index is 1560. The van der Waals surface area contributed by atoms with Gasteiger partial charge in [-0.1, -0.05) is 12.2 Å². The zero-order valence-electron chi connectivity index (χ0n) is 28.1. The molecule has 4 bridgehead atoms. The number of amides is 1. The highest BCUT2D eigenvalue weighted by molar-refractivity contribution is 7.13. The van der Waals surface area contributed by atoms with Crippen molar-refractivity contribution >= 4 is 39.5 Å². The Morgan fingerprint density at radius 2 is 1.58 bits per heavy atom. The van der Waals surface area contributed by atoms with E-state index < -0.39 is 0 Å². The van der Waals surface area contributed by atoms with Crippen LogP contribution in [0.1, 0.15) is 41.4 Å². The third-order valence-corrected chi connectivity index (χ3v) is 9.09. The van der Waals surface area contributed by atoms with E-state index in [1.807, 2.05) is 19.1 Å². The number of ether oxygens (including phenoxy) is 6. The molecule has 2 aromatic heterocycles. The largest absolute Gasteiger partial charge is 0.493 e. The average Bonchev–Trinajstić information content (AvgIpc) is 3.58. The molecule has 5 rings (SSSR count). The van der Waals surface area contributed by atoms with Crippen LogP contribution >= 0.6 is 11.3 Å². The zero-order chi connectivity index (χ0) is 33.6. The van der Waals surface area contributed by atoms with Crippen molar-refractivity contribution in [3.8, 4) is 11.5 Å². The number of nitrogens with zero attached hydrogens (tertiary/aromatic N) is 2. The fourth-order valence-corrected chi connectivity index (χ4v) is 6.49. The molecular weight excluding hydrogens is 634 g/mol. The molecule has 1 aliphatic heterocycles. The van der Waals surface area contributed by atoms with Crippen molar-refractivity contribution in [1.82, 2.24) is 20.6 Å². The molecule has 0 spiro atoms. The number of thiophene rings is 1. The van der Waals surface area contributed by atoms with Crippen molar-refractivity contribution in [3.05, 3.63) is 57.6 Å². The van der Waals surface area contributed by atoms with E-state index in [1.54, 1.807) is 18.4 Å². The van der Waals surface area contributed by atoms with E-state index in [0.29, 0.717) is 89.9 Å². The van der Waals surface area contributed by atoms with Crippen molar-refractivity contribution in [3.63, 3.8) is 0 Å². The molecule has 2 aliphatic rings. The highest BCUT2D eigenvalue weighted by Crippen LogP contribution is 2.38. The van der Waals surface area contributed by atoms with Crippen LogP contribution in [0.15, 0.2) is 42.0 Å². The van der Waals surface area contributed by atoms with Gasteiger partial charge in [-0.15, -0.1) is 11.3 Å². The van der Waals surface area contributed by atoms with Crippen LogP contribution in [0.25, 0.3) is 16.5 Å². The summed E-state index contributed by atoms with van der Waals surface area (Å²) in [6.07, 6.45) is 6.54. The summed E-state index contributed by atoms with van der Waals surface area (Å²) < 4.78 is 34.1. The first-order chi connectivity index (χ1) is 23.5. The van der Waals surface area contributed by atoms with Gasteiger partial charge in [-0.3, -0.25) is 4.79 Å². The van der Waals surface area contributed by atoms with Crippen LogP contribution in [0.3, 0.4) is 0 Å². The lowest BCUT2D eigenvalue weighted by Gasteiger charge is -2.18. The second-order valence-corrected chi connectivity index (χ2v) is 12.5. The van der Waals surface area contributed by atoms with E-state index >= 15 is 0 Å². The van der Waals surface area contributed by atoms with Crippen LogP contribution in [-0.2, 0) is 23.7 Å². The molecule has 1 aliphatic carbocycles. The Morgan fingerprint density at radius 1 is 0.875 bits per heavy atom. The fraction of sp³-hybridized carbons (Fsp3) is 0.514. The predicted molar refractivity (Wildman–Crippen MR) is 187 cm³/mol. The molecule has 0 radical (unpaired) electrons. The minimum absolute atomic E-state index is 0.0121. The molecule has 1 atom stereocenters. The summed E-state index contributed by atoms with van der Waals surface area (Å²) in [7, 11) is 1.62. The molecule has 1 unspecified atom stereocenters. The predicted octanol–water partition coefficient (Wildman–Crippen LogP) is 4.45. The number of aryl methyl sites for hydroxylation is 1. The van der Waals surface area contributed by atoms with Gasteiger partial charge in [0.2, 0.25) is 5.91 Å². The van der Waals surface area contributed by atoms with Crippen LogP contribution in [0.4, 0.5) is 5.82 Å². The maximum absolute atomic E-state index is 12.4. The molecule has 1 aromatic carbocycles. The maximum Gasteiger partial charge on any atom is 0.234 e. The van der Waals surface area contributed by atoms with Crippen LogP contribution in [0.5, 0.6) is 11.5 Å². The number of rotatable bonds is 1. The van der Waals surface area contributed by atoms with Gasteiger partial charge in [0, 0.05) is 34.3 Å². The van der Waals surface area contributed by atoms with Crippen LogP contribution in [-0.4, -0.2) is 102 Å². The van der Waals surface area contributed by atoms with E-state index in [4.69, 9.17) is 33.4 Å². The normalized spacial score (nSPS) is 20.2. The maximum atomic E-state index is 12.4. The van der Waals surface area contributed by atoms with Gasteiger partial charge in [-0.2, -0.15) is 0 Å². The standard InChI is InChI=1S/C35H47N5O7S/c1-24-32-8-9-33(48-32)27-7-5-4-6-26(27)22-36-23-34(41)37-10-11-43-12-13-44-14-15-45-16-17-46-18-19-47-31-20-28-29(21-30(31)42-3)39-25(2)40-35(28)38-24/h6-9,20-21,24,36H,4-5,10-19,22-23H2,1-3H3,(H,37,41)(H,38,39,40). The van der Waals surface area contributed by atoms with Gasteiger partial charge in [0.15, 0.2) is 11.5 Å². The van der Waals surface area contributed by atoms with Crippen LogP contribution in [0.2, 0.25) is 0 Å². The monoisotopic (exact) mass is 681 g/mol. The summed E-state index contributed by atoms with van der Waals surface area (Å²) in [5, 5.41) is 10.7. The minimum atomic E-state index is -0.0591. The van der Waals surface area contributed by atoms with Gasteiger partial charge in [-0.25, -0.2) is 9.97 Å². The van der Waals surface area contributed by atoms with E-state index in [9.17, 15) is 4.79 Å². The highest BCUT2D eigenvalue weighted by Gasteiger charge is 2.19. The van der Waals surface area contributed by atoms with Crippen LogP contribution in [0, 0.1) is 6.92 Å². The van der Waals surface area contributed by atoms with Gasteiger partial charge in [0.05, 0.1) is 78.1 Å². The second-order valence-electron chi connectivity index (χ2n) is 11.4. The Morgan fingerprint density at radius 3 is 2.33 bits per heavy atom. The Balaban J connectivity index is 1.30. The molecule has 1 amide bonds. The van der Waals surface area contributed by atoms with Gasteiger partial charge in [-0.05, 0) is 56.0 Å². The molecular formula is C35H47N5O7S. The number of fused-ring (bicyclic) bond motifs is 5. The zero-order valence-corrected chi connectivity index (χ0v) is 28.9. The Hall–Kier alpha value is -3.59. The lowest BCUT2D eigenvalue weighted by atomic mass is 9.96. The fourth-order valence-electron chi connectivity index (χ4n) is 5.40. The number of aromatic nitrogens is 2. The smallest absolute Gasteiger partial charge is 0.234 e. The lowest BCUT2D eigenvalue weighted by Crippen LogP contribution is -2.36. The second kappa shape index (κ2) is 18.8. The number of carbonyl (C=O) groups is 1. The summed E-state index contributed by atoms with van der Waals surface area (Å²) in [5.74, 6) is 2.52. The van der Waals surface area contributed by atoms with Crippen LogP contribution < -0.4 is 25.4 Å². The number of carbonyl (C=O) groups excluding carboxylic acids is 1. The molecule has 260 valence electrons. The highest BCUT2D eigenvalue weighted by atomic mass is 32.1.